The van der Waals surface area contributed by atoms with Crippen LogP contribution >= 0.6 is 11.3 Å². The van der Waals surface area contributed by atoms with Crippen molar-refractivity contribution >= 4 is 28.3 Å². The quantitative estimate of drug-likeness (QED) is 0.680. The number of rotatable bonds is 5. The molecule has 2 rings (SSSR count). The van der Waals surface area contributed by atoms with Gasteiger partial charge in [0, 0.05) is 17.0 Å². The molecule has 0 saturated heterocycles. The number of esters is 1. The molecule has 1 unspecified atom stereocenters. The summed E-state index contributed by atoms with van der Waals surface area (Å²) in [6.45, 7) is 7.76. The molecule has 160 valence electrons. The molecule has 0 fully saturated rings. The summed E-state index contributed by atoms with van der Waals surface area (Å²) < 4.78 is 46.5. The molecule has 1 atom stereocenters. The molecule has 1 aromatic heterocycles. The minimum Gasteiger partial charge on any atom is -0.460 e. The summed E-state index contributed by atoms with van der Waals surface area (Å²) in [5, 5.41) is 11.8. The molecule has 1 heterocycles. The summed E-state index contributed by atoms with van der Waals surface area (Å²) in [5.41, 5.74) is -3.17. The molecular formula is C20H20F3N3O3S. The Morgan fingerprint density at radius 1 is 1.20 bits per heavy atom. The Hall–Kier alpha value is -2.93. The van der Waals surface area contributed by atoms with Crippen molar-refractivity contribution in [2.24, 2.45) is 5.41 Å². The first kappa shape index (κ1) is 23.3. The van der Waals surface area contributed by atoms with Crippen LogP contribution in [0, 0.1) is 41.1 Å². The predicted molar refractivity (Wildman–Crippen MR) is 105 cm³/mol. The van der Waals surface area contributed by atoms with E-state index in [1.165, 1.54) is 13.8 Å². The second kappa shape index (κ2) is 8.44. The van der Waals surface area contributed by atoms with E-state index >= 15 is 0 Å². The number of thiazole rings is 1. The van der Waals surface area contributed by atoms with E-state index in [9.17, 15) is 28.0 Å². The van der Waals surface area contributed by atoms with Gasteiger partial charge in [-0.15, -0.1) is 11.3 Å². The van der Waals surface area contributed by atoms with Crippen LogP contribution in [0.2, 0.25) is 0 Å². The number of hydrogen-bond acceptors (Lipinski definition) is 6. The molecule has 1 N–H and O–H groups in total. The highest BCUT2D eigenvalue weighted by atomic mass is 32.1. The standard InChI is InChI=1S/C20H20F3N3O3S/c1-10-16(15-12(22)6-11(21)7-13(15)23)25-18(30-10)26-17(28)20(5,9-24)8-14(27)29-19(2,3)4/h6-7H,8H2,1-5H3,(H,25,26,28). The van der Waals surface area contributed by atoms with Crippen molar-refractivity contribution in [1.29, 1.82) is 5.26 Å². The fraction of sp³-hybridized carbons (Fsp3) is 0.400. The highest BCUT2D eigenvalue weighted by molar-refractivity contribution is 7.16. The number of carbonyl (C=O) groups is 2. The molecule has 0 spiro atoms. The van der Waals surface area contributed by atoms with Gasteiger partial charge in [-0.2, -0.15) is 5.26 Å². The van der Waals surface area contributed by atoms with Crippen molar-refractivity contribution in [2.45, 2.75) is 46.6 Å². The number of carbonyl (C=O) groups excluding carboxylic acids is 2. The molecule has 2 aromatic rings. The first-order valence-electron chi connectivity index (χ1n) is 8.82. The van der Waals surface area contributed by atoms with E-state index in [1.54, 1.807) is 26.8 Å². The maximum Gasteiger partial charge on any atom is 0.308 e. The Kier molecular flexibility index (Phi) is 6.57. The zero-order chi connectivity index (χ0) is 22.9. The van der Waals surface area contributed by atoms with E-state index in [-0.39, 0.29) is 10.8 Å². The Labute approximate surface area is 175 Å². The van der Waals surface area contributed by atoms with Crippen LogP contribution in [0.25, 0.3) is 11.3 Å². The first-order valence-corrected chi connectivity index (χ1v) is 9.64. The van der Waals surface area contributed by atoms with E-state index < -0.39 is 52.3 Å². The summed E-state index contributed by atoms with van der Waals surface area (Å²) in [6.07, 6.45) is -0.495. The predicted octanol–water partition coefficient (Wildman–Crippen LogP) is 4.74. The van der Waals surface area contributed by atoms with Crippen LogP contribution in [0.5, 0.6) is 0 Å². The van der Waals surface area contributed by atoms with Gasteiger partial charge in [0.05, 0.1) is 23.7 Å². The number of anilines is 1. The average Bonchev–Trinajstić information content (AvgIpc) is 2.92. The summed E-state index contributed by atoms with van der Waals surface area (Å²) in [4.78, 5) is 29.1. The summed E-state index contributed by atoms with van der Waals surface area (Å²) in [6, 6.07) is 2.86. The van der Waals surface area contributed by atoms with Crippen molar-refractivity contribution in [3.8, 4) is 17.3 Å². The second-order valence-electron chi connectivity index (χ2n) is 7.83. The van der Waals surface area contributed by atoms with E-state index in [4.69, 9.17) is 4.74 Å². The summed E-state index contributed by atoms with van der Waals surface area (Å²) in [5.74, 6) is -4.89. The number of amides is 1. The third kappa shape index (κ3) is 5.36. The van der Waals surface area contributed by atoms with Gasteiger partial charge in [-0.1, -0.05) is 0 Å². The number of nitrogens with one attached hydrogen (secondary N) is 1. The molecule has 0 aliphatic heterocycles. The van der Waals surface area contributed by atoms with Gasteiger partial charge in [0.1, 0.15) is 28.5 Å². The largest absolute Gasteiger partial charge is 0.460 e. The van der Waals surface area contributed by atoms with Crippen molar-refractivity contribution < 1.29 is 27.5 Å². The number of ether oxygens (including phenoxy) is 1. The van der Waals surface area contributed by atoms with Gasteiger partial charge < -0.3 is 10.1 Å². The monoisotopic (exact) mass is 439 g/mol. The third-order valence-corrected chi connectivity index (χ3v) is 4.81. The van der Waals surface area contributed by atoms with Gasteiger partial charge in [-0.25, -0.2) is 18.2 Å². The summed E-state index contributed by atoms with van der Waals surface area (Å²) >= 11 is 0.919. The van der Waals surface area contributed by atoms with Gasteiger partial charge in [0.2, 0.25) is 5.91 Å². The highest BCUT2D eigenvalue weighted by Gasteiger charge is 2.38. The maximum atomic E-state index is 14.1. The van der Waals surface area contributed by atoms with Crippen LogP contribution in [0.3, 0.4) is 0 Å². The Morgan fingerprint density at radius 3 is 2.27 bits per heavy atom. The van der Waals surface area contributed by atoms with Crippen LogP contribution < -0.4 is 5.32 Å². The van der Waals surface area contributed by atoms with E-state index in [2.05, 4.69) is 10.3 Å². The lowest BCUT2D eigenvalue weighted by atomic mass is 9.87. The number of nitriles is 1. The lowest BCUT2D eigenvalue weighted by molar-refractivity contribution is -0.158. The normalized spacial score (nSPS) is 13.3. The van der Waals surface area contributed by atoms with Crippen molar-refractivity contribution in [1.82, 2.24) is 4.98 Å². The van der Waals surface area contributed by atoms with Gasteiger partial charge in [0.15, 0.2) is 5.13 Å². The zero-order valence-corrected chi connectivity index (χ0v) is 17.8. The van der Waals surface area contributed by atoms with Crippen molar-refractivity contribution in [2.75, 3.05) is 5.32 Å². The average molecular weight is 439 g/mol. The third-order valence-electron chi connectivity index (χ3n) is 3.93. The maximum absolute atomic E-state index is 14.1. The van der Waals surface area contributed by atoms with Crippen LogP contribution in [0.4, 0.5) is 18.3 Å². The molecule has 1 aromatic carbocycles. The number of hydrogen-bond donors (Lipinski definition) is 1. The minimum atomic E-state index is -1.76. The molecule has 10 heteroatoms. The van der Waals surface area contributed by atoms with Crippen molar-refractivity contribution in [3.05, 3.63) is 34.5 Å². The van der Waals surface area contributed by atoms with E-state index in [0.717, 1.165) is 11.3 Å². The van der Waals surface area contributed by atoms with Crippen LogP contribution in [0.15, 0.2) is 12.1 Å². The number of nitrogens with zero attached hydrogens (tertiary/aromatic N) is 2. The van der Waals surface area contributed by atoms with Gasteiger partial charge in [0.25, 0.3) is 0 Å². The number of halogens is 3. The van der Waals surface area contributed by atoms with Crippen molar-refractivity contribution in [3.63, 3.8) is 0 Å². The molecule has 1 amide bonds. The van der Waals surface area contributed by atoms with Gasteiger partial charge >= 0.3 is 5.97 Å². The fourth-order valence-corrected chi connectivity index (χ4v) is 3.34. The minimum absolute atomic E-state index is 0.0266. The Balaban J connectivity index is 2.27. The lowest BCUT2D eigenvalue weighted by Crippen LogP contribution is -2.36. The number of aryl methyl sites for hydroxylation is 1. The molecule has 0 aliphatic rings. The zero-order valence-electron chi connectivity index (χ0n) is 17.0. The molecule has 0 aliphatic carbocycles. The first-order chi connectivity index (χ1) is 13.8. The van der Waals surface area contributed by atoms with Crippen LogP contribution in [-0.2, 0) is 14.3 Å². The van der Waals surface area contributed by atoms with Gasteiger partial charge in [-0.3, -0.25) is 9.59 Å². The van der Waals surface area contributed by atoms with Crippen LogP contribution in [0.1, 0.15) is 39.0 Å². The van der Waals surface area contributed by atoms with E-state index in [1.807, 2.05) is 0 Å². The molecule has 0 saturated carbocycles. The summed E-state index contributed by atoms with van der Waals surface area (Å²) in [7, 11) is 0. The second-order valence-corrected chi connectivity index (χ2v) is 9.03. The number of benzene rings is 1. The molecule has 30 heavy (non-hydrogen) atoms. The number of aromatic nitrogens is 1. The van der Waals surface area contributed by atoms with Crippen LogP contribution in [-0.4, -0.2) is 22.5 Å². The lowest BCUT2D eigenvalue weighted by Gasteiger charge is -2.23. The smallest absolute Gasteiger partial charge is 0.308 e. The molecular weight excluding hydrogens is 419 g/mol. The molecule has 0 bridgehead atoms. The SMILES string of the molecule is Cc1sc(NC(=O)C(C)(C#N)CC(=O)OC(C)(C)C)nc1-c1c(F)cc(F)cc1F. The fourth-order valence-electron chi connectivity index (χ4n) is 2.52. The van der Waals surface area contributed by atoms with Gasteiger partial charge in [-0.05, 0) is 34.6 Å². The molecule has 6 nitrogen and oxygen atoms in total. The topological polar surface area (TPSA) is 92.1 Å². The Morgan fingerprint density at radius 2 is 1.77 bits per heavy atom. The Bertz CT molecular complexity index is 1020. The van der Waals surface area contributed by atoms with E-state index in [0.29, 0.717) is 17.0 Å². The highest BCUT2D eigenvalue weighted by Crippen LogP contribution is 2.35. The molecule has 0 radical (unpaired) electrons.